The van der Waals surface area contributed by atoms with Gasteiger partial charge in [0.2, 0.25) is 0 Å². The number of fused-ring (bicyclic) bond motifs is 6. The first-order valence-corrected chi connectivity index (χ1v) is 8.17. The first-order valence-electron chi connectivity index (χ1n) is 8.17. The van der Waals surface area contributed by atoms with Gasteiger partial charge in [-0.1, -0.05) is 60.7 Å². The number of rotatable bonds is 2. The fourth-order valence-electron chi connectivity index (χ4n) is 3.10. The number of aromatic nitrogens is 6. The maximum absolute atomic E-state index is 4.40. The van der Waals surface area contributed by atoms with Gasteiger partial charge in [-0.05, 0) is 33.5 Å². The Labute approximate surface area is 148 Å². The molecule has 0 bridgehead atoms. The van der Waals surface area contributed by atoms with E-state index in [1.165, 1.54) is 0 Å². The van der Waals surface area contributed by atoms with Gasteiger partial charge in [0, 0.05) is 10.8 Å². The fourth-order valence-corrected chi connectivity index (χ4v) is 3.10. The smallest absolute Gasteiger partial charge is 0.144 e. The predicted octanol–water partition coefficient (Wildman–Crippen LogP) is 3.69. The summed E-state index contributed by atoms with van der Waals surface area (Å²) < 4.78 is 0. The first-order chi connectivity index (χ1) is 12.9. The highest BCUT2D eigenvalue weighted by Gasteiger charge is 2.13. The van der Waals surface area contributed by atoms with Crippen molar-refractivity contribution in [3.05, 3.63) is 71.9 Å². The summed E-state index contributed by atoms with van der Waals surface area (Å²) in [5, 5.41) is 27.4. The summed E-state index contributed by atoms with van der Waals surface area (Å²) in [5.41, 5.74) is 3.86. The van der Waals surface area contributed by atoms with Crippen molar-refractivity contribution >= 4 is 44.9 Å². The van der Waals surface area contributed by atoms with Gasteiger partial charge in [0.25, 0.3) is 0 Å². The molecule has 0 amide bonds. The summed E-state index contributed by atoms with van der Waals surface area (Å²) in [6, 6.07) is 20.1. The number of nitrogens with zero attached hydrogens (tertiary/aromatic N) is 6. The van der Waals surface area contributed by atoms with Crippen molar-refractivity contribution in [3.63, 3.8) is 0 Å². The highest BCUT2D eigenvalue weighted by molar-refractivity contribution is 6.21. The third kappa shape index (κ3) is 2.36. The molecule has 0 saturated carbocycles. The van der Waals surface area contributed by atoms with Crippen LogP contribution in [0.1, 0.15) is 11.3 Å². The van der Waals surface area contributed by atoms with Gasteiger partial charge in [-0.3, -0.25) is 0 Å². The molecular weight excluding hydrogens is 324 g/mol. The minimum Gasteiger partial charge on any atom is -0.150 e. The fraction of sp³-hybridized carbons (Fsp3) is 0. The van der Waals surface area contributed by atoms with Crippen molar-refractivity contribution in [1.29, 1.82) is 0 Å². The van der Waals surface area contributed by atoms with Crippen LogP contribution in [0.4, 0.5) is 0 Å². The third-order valence-corrected chi connectivity index (χ3v) is 4.31. The van der Waals surface area contributed by atoms with Crippen molar-refractivity contribution in [3.8, 4) is 0 Å². The molecule has 6 heteroatoms. The normalized spacial score (nSPS) is 11.7. The van der Waals surface area contributed by atoms with Gasteiger partial charge in [-0.15, -0.1) is 15.3 Å². The van der Waals surface area contributed by atoms with E-state index in [0.29, 0.717) is 16.6 Å². The molecule has 0 fully saturated rings. The maximum atomic E-state index is 4.40. The van der Waals surface area contributed by atoms with Crippen LogP contribution in [0.2, 0.25) is 0 Å². The Morgan fingerprint density at radius 3 is 2.08 bits per heavy atom. The van der Waals surface area contributed by atoms with Crippen LogP contribution < -0.4 is 0 Å². The van der Waals surface area contributed by atoms with E-state index in [2.05, 4.69) is 30.8 Å². The standard InChI is InChI=1S/C20H12N6/c1-2-6-13(7-3-1)10-11-14-12-17-15-8-4-5-9-16(15)18-20(19(17)22-21-14)24-26-25-23-18/h1-12H. The van der Waals surface area contributed by atoms with E-state index < -0.39 is 0 Å². The summed E-state index contributed by atoms with van der Waals surface area (Å²) in [6.07, 6.45) is 3.97. The molecule has 2 heterocycles. The molecule has 3 aromatic carbocycles. The molecule has 2 aromatic heterocycles. The van der Waals surface area contributed by atoms with Crippen molar-refractivity contribution < 1.29 is 0 Å². The first kappa shape index (κ1) is 14.5. The molecular formula is C20H12N6. The largest absolute Gasteiger partial charge is 0.150 e. The molecule has 0 aliphatic rings. The van der Waals surface area contributed by atoms with E-state index in [-0.39, 0.29) is 0 Å². The van der Waals surface area contributed by atoms with Gasteiger partial charge < -0.3 is 0 Å². The van der Waals surface area contributed by atoms with E-state index >= 15 is 0 Å². The van der Waals surface area contributed by atoms with Crippen LogP contribution in [-0.2, 0) is 0 Å². The summed E-state index contributed by atoms with van der Waals surface area (Å²) in [7, 11) is 0. The van der Waals surface area contributed by atoms with Crippen molar-refractivity contribution in [2.75, 3.05) is 0 Å². The summed E-state index contributed by atoms with van der Waals surface area (Å²) >= 11 is 0. The highest BCUT2D eigenvalue weighted by atomic mass is 15.4. The van der Waals surface area contributed by atoms with Crippen LogP contribution in [0.3, 0.4) is 0 Å². The van der Waals surface area contributed by atoms with Gasteiger partial charge in [-0.2, -0.15) is 5.10 Å². The molecule has 0 aliphatic heterocycles. The second kappa shape index (κ2) is 5.93. The van der Waals surface area contributed by atoms with Gasteiger partial charge in [0.1, 0.15) is 16.6 Å². The average Bonchev–Trinajstić information content (AvgIpc) is 2.73. The lowest BCUT2D eigenvalue weighted by molar-refractivity contribution is 0.799. The molecule has 0 aliphatic carbocycles. The minimum atomic E-state index is 0.611. The Morgan fingerprint density at radius 1 is 0.538 bits per heavy atom. The molecule has 0 saturated heterocycles. The molecule has 0 spiro atoms. The van der Waals surface area contributed by atoms with Gasteiger partial charge in [-0.25, -0.2) is 0 Å². The molecule has 26 heavy (non-hydrogen) atoms. The molecule has 0 N–H and O–H groups in total. The zero-order valence-electron chi connectivity index (χ0n) is 13.6. The molecule has 122 valence electrons. The van der Waals surface area contributed by atoms with Crippen molar-refractivity contribution in [2.24, 2.45) is 0 Å². The van der Waals surface area contributed by atoms with Crippen LogP contribution in [0.5, 0.6) is 0 Å². The van der Waals surface area contributed by atoms with E-state index in [0.717, 1.165) is 27.4 Å². The summed E-state index contributed by atoms with van der Waals surface area (Å²) in [6.45, 7) is 0. The minimum absolute atomic E-state index is 0.611. The lowest BCUT2D eigenvalue weighted by atomic mass is 10.0. The lowest BCUT2D eigenvalue weighted by Crippen LogP contribution is -1.98. The van der Waals surface area contributed by atoms with Gasteiger partial charge in [0.15, 0.2) is 0 Å². The topological polar surface area (TPSA) is 77.3 Å². The second-order valence-electron chi connectivity index (χ2n) is 5.90. The number of hydrogen-bond donors (Lipinski definition) is 0. The van der Waals surface area contributed by atoms with Gasteiger partial charge >= 0.3 is 0 Å². The second-order valence-corrected chi connectivity index (χ2v) is 5.90. The lowest BCUT2D eigenvalue weighted by Gasteiger charge is -2.06. The molecule has 5 aromatic rings. The van der Waals surface area contributed by atoms with Crippen molar-refractivity contribution in [1.82, 2.24) is 30.8 Å². The van der Waals surface area contributed by atoms with E-state index in [1.807, 2.05) is 72.8 Å². The van der Waals surface area contributed by atoms with Crippen molar-refractivity contribution in [2.45, 2.75) is 0 Å². The molecule has 0 radical (unpaired) electrons. The Balaban J connectivity index is 1.77. The van der Waals surface area contributed by atoms with E-state index in [9.17, 15) is 0 Å². The maximum Gasteiger partial charge on any atom is 0.144 e. The number of benzene rings is 3. The van der Waals surface area contributed by atoms with Crippen LogP contribution in [0.25, 0.3) is 44.9 Å². The van der Waals surface area contributed by atoms with E-state index in [4.69, 9.17) is 0 Å². The predicted molar refractivity (Wildman–Crippen MR) is 101 cm³/mol. The molecule has 5 rings (SSSR count). The third-order valence-electron chi connectivity index (χ3n) is 4.31. The number of hydrogen-bond acceptors (Lipinski definition) is 6. The van der Waals surface area contributed by atoms with Crippen LogP contribution in [0, 0.1) is 0 Å². The summed E-state index contributed by atoms with van der Waals surface area (Å²) in [4.78, 5) is 0. The van der Waals surface area contributed by atoms with E-state index in [1.54, 1.807) is 0 Å². The van der Waals surface area contributed by atoms with Gasteiger partial charge in [0.05, 0.1) is 5.69 Å². The Hall–Kier alpha value is -3.80. The molecule has 0 unspecified atom stereocenters. The quantitative estimate of drug-likeness (QED) is 0.458. The monoisotopic (exact) mass is 336 g/mol. The summed E-state index contributed by atoms with van der Waals surface area (Å²) in [5.74, 6) is 0. The average molecular weight is 336 g/mol. The zero-order chi connectivity index (χ0) is 17.3. The SMILES string of the molecule is C(=Cc1cc2c3ccccc3c3nnnnc3c2nn1)c1ccccc1. The Morgan fingerprint density at radius 2 is 1.23 bits per heavy atom. The molecule has 0 atom stereocenters. The zero-order valence-corrected chi connectivity index (χ0v) is 13.6. The highest BCUT2D eigenvalue weighted by Crippen LogP contribution is 2.31. The molecule has 6 nitrogen and oxygen atoms in total. The van der Waals surface area contributed by atoms with Crippen LogP contribution >= 0.6 is 0 Å². The Bertz CT molecular complexity index is 1250. The van der Waals surface area contributed by atoms with Crippen LogP contribution in [0.15, 0.2) is 60.7 Å². The Kier molecular flexibility index (Phi) is 3.31. The van der Waals surface area contributed by atoms with Crippen LogP contribution in [-0.4, -0.2) is 30.8 Å².